The number of hydrogen-bond acceptors (Lipinski definition) is 3. The van der Waals surface area contributed by atoms with Crippen LogP contribution in [0, 0.1) is 0 Å². The van der Waals surface area contributed by atoms with E-state index in [0.717, 1.165) is 16.7 Å². The fourth-order valence-electron chi connectivity index (χ4n) is 1.43. The van der Waals surface area contributed by atoms with E-state index in [1.807, 2.05) is 12.1 Å². The first-order valence-corrected chi connectivity index (χ1v) is 5.14. The standard InChI is InChI=1S/C10H7N3S/c1-2-10(14-3-1)8-4-7-9(13-8)5-11-6-12-7/h1-6,13H. The van der Waals surface area contributed by atoms with Gasteiger partial charge in [0.15, 0.2) is 0 Å². The molecule has 3 rings (SSSR count). The number of rotatable bonds is 1. The minimum Gasteiger partial charge on any atom is -0.351 e. The molecule has 3 nitrogen and oxygen atoms in total. The van der Waals surface area contributed by atoms with Crippen molar-refractivity contribution in [2.75, 3.05) is 0 Å². The van der Waals surface area contributed by atoms with Crippen LogP contribution in [0.2, 0.25) is 0 Å². The number of fused-ring (bicyclic) bond motifs is 1. The molecule has 4 heteroatoms. The second kappa shape index (κ2) is 2.92. The molecular formula is C10H7N3S. The van der Waals surface area contributed by atoms with Crippen molar-refractivity contribution in [1.82, 2.24) is 15.0 Å². The van der Waals surface area contributed by atoms with Gasteiger partial charge in [0.25, 0.3) is 0 Å². The molecule has 68 valence electrons. The third-order valence-electron chi connectivity index (χ3n) is 2.08. The van der Waals surface area contributed by atoms with Gasteiger partial charge in [0, 0.05) is 0 Å². The Bertz CT molecular complexity index is 521. The van der Waals surface area contributed by atoms with Crippen molar-refractivity contribution in [3.05, 3.63) is 36.1 Å². The Morgan fingerprint density at radius 1 is 1.36 bits per heavy atom. The van der Waals surface area contributed by atoms with E-state index in [2.05, 4.69) is 26.4 Å². The van der Waals surface area contributed by atoms with Crippen molar-refractivity contribution in [2.45, 2.75) is 0 Å². The van der Waals surface area contributed by atoms with Crippen LogP contribution in [0.5, 0.6) is 0 Å². The van der Waals surface area contributed by atoms with Gasteiger partial charge in [-0.25, -0.2) is 9.97 Å². The van der Waals surface area contributed by atoms with Gasteiger partial charge in [0.05, 0.1) is 27.8 Å². The summed E-state index contributed by atoms with van der Waals surface area (Å²) < 4.78 is 0. The Hall–Kier alpha value is -1.68. The van der Waals surface area contributed by atoms with Gasteiger partial charge in [-0.05, 0) is 17.5 Å². The average molecular weight is 201 g/mol. The number of nitrogens with zero attached hydrogens (tertiary/aromatic N) is 2. The summed E-state index contributed by atoms with van der Waals surface area (Å²) in [6.07, 6.45) is 3.35. The van der Waals surface area contributed by atoms with Gasteiger partial charge in [-0.15, -0.1) is 11.3 Å². The number of aromatic amines is 1. The highest BCUT2D eigenvalue weighted by Gasteiger charge is 2.03. The highest BCUT2D eigenvalue weighted by Crippen LogP contribution is 2.25. The highest BCUT2D eigenvalue weighted by atomic mass is 32.1. The molecule has 3 heterocycles. The van der Waals surface area contributed by atoms with Crippen LogP contribution in [0.3, 0.4) is 0 Å². The molecule has 0 aliphatic rings. The largest absolute Gasteiger partial charge is 0.351 e. The Morgan fingerprint density at radius 2 is 2.36 bits per heavy atom. The van der Waals surface area contributed by atoms with E-state index in [-0.39, 0.29) is 0 Å². The van der Waals surface area contributed by atoms with Crippen molar-refractivity contribution in [1.29, 1.82) is 0 Å². The second-order valence-corrected chi connectivity index (χ2v) is 3.93. The van der Waals surface area contributed by atoms with Crippen molar-refractivity contribution in [3.63, 3.8) is 0 Å². The molecular weight excluding hydrogens is 194 g/mol. The van der Waals surface area contributed by atoms with Crippen LogP contribution in [0.15, 0.2) is 36.1 Å². The molecule has 0 aliphatic heterocycles. The van der Waals surface area contributed by atoms with Gasteiger partial charge >= 0.3 is 0 Å². The molecule has 0 saturated heterocycles. The molecule has 0 aromatic carbocycles. The van der Waals surface area contributed by atoms with Crippen molar-refractivity contribution in [3.8, 4) is 10.6 Å². The Balaban J connectivity index is 2.24. The van der Waals surface area contributed by atoms with Crippen molar-refractivity contribution in [2.24, 2.45) is 0 Å². The van der Waals surface area contributed by atoms with Crippen LogP contribution >= 0.6 is 11.3 Å². The van der Waals surface area contributed by atoms with Gasteiger partial charge < -0.3 is 4.98 Å². The Morgan fingerprint density at radius 3 is 3.14 bits per heavy atom. The lowest BCUT2D eigenvalue weighted by Gasteiger charge is -1.87. The van der Waals surface area contributed by atoms with E-state index < -0.39 is 0 Å². The summed E-state index contributed by atoms with van der Waals surface area (Å²) in [5.74, 6) is 0. The lowest BCUT2D eigenvalue weighted by atomic mass is 10.3. The molecule has 0 unspecified atom stereocenters. The van der Waals surface area contributed by atoms with Crippen LogP contribution < -0.4 is 0 Å². The predicted octanol–water partition coefficient (Wildman–Crippen LogP) is 2.69. The van der Waals surface area contributed by atoms with Gasteiger partial charge in [0.2, 0.25) is 0 Å². The number of aromatic nitrogens is 3. The molecule has 0 aliphatic carbocycles. The lowest BCUT2D eigenvalue weighted by molar-refractivity contribution is 1.22. The van der Waals surface area contributed by atoms with Crippen LogP contribution in [0.4, 0.5) is 0 Å². The molecule has 3 aromatic heterocycles. The summed E-state index contributed by atoms with van der Waals surface area (Å²) in [7, 11) is 0. The van der Waals surface area contributed by atoms with Crippen LogP contribution in [-0.2, 0) is 0 Å². The summed E-state index contributed by atoms with van der Waals surface area (Å²) in [5, 5.41) is 2.06. The molecule has 0 atom stereocenters. The maximum absolute atomic E-state index is 4.17. The summed E-state index contributed by atoms with van der Waals surface area (Å²) in [6.45, 7) is 0. The van der Waals surface area contributed by atoms with Crippen LogP contribution in [0.25, 0.3) is 21.6 Å². The van der Waals surface area contributed by atoms with E-state index in [1.54, 1.807) is 23.9 Å². The quantitative estimate of drug-likeness (QED) is 0.657. The van der Waals surface area contributed by atoms with Crippen molar-refractivity contribution < 1.29 is 0 Å². The van der Waals surface area contributed by atoms with Gasteiger partial charge in [-0.1, -0.05) is 6.07 Å². The fraction of sp³-hybridized carbons (Fsp3) is 0. The monoisotopic (exact) mass is 201 g/mol. The molecule has 3 aromatic rings. The molecule has 0 fully saturated rings. The molecule has 0 bridgehead atoms. The second-order valence-electron chi connectivity index (χ2n) is 2.98. The zero-order valence-corrected chi connectivity index (χ0v) is 8.08. The average Bonchev–Trinajstić information content (AvgIpc) is 2.86. The van der Waals surface area contributed by atoms with Crippen LogP contribution in [-0.4, -0.2) is 15.0 Å². The Labute approximate surface area is 84.5 Å². The van der Waals surface area contributed by atoms with Gasteiger partial charge in [-0.3, -0.25) is 0 Å². The first-order chi connectivity index (χ1) is 6.93. The van der Waals surface area contributed by atoms with E-state index >= 15 is 0 Å². The Kier molecular flexibility index (Phi) is 1.61. The molecule has 0 saturated carbocycles. The summed E-state index contributed by atoms with van der Waals surface area (Å²) >= 11 is 1.71. The molecule has 14 heavy (non-hydrogen) atoms. The molecule has 0 amide bonds. The topological polar surface area (TPSA) is 41.6 Å². The van der Waals surface area contributed by atoms with Crippen LogP contribution in [0.1, 0.15) is 0 Å². The molecule has 0 spiro atoms. The summed E-state index contributed by atoms with van der Waals surface area (Å²) in [6, 6.07) is 6.17. The van der Waals surface area contributed by atoms with E-state index in [1.165, 1.54) is 4.88 Å². The number of hydrogen-bond donors (Lipinski definition) is 1. The SMILES string of the molecule is c1csc(-c2cc3ncncc3[nH]2)c1. The van der Waals surface area contributed by atoms with Crippen molar-refractivity contribution >= 4 is 22.4 Å². The van der Waals surface area contributed by atoms with Gasteiger partial charge in [-0.2, -0.15) is 0 Å². The summed E-state index contributed by atoms with van der Waals surface area (Å²) in [5.41, 5.74) is 3.05. The number of nitrogens with one attached hydrogen (secondary N) is 1. The first kappa shape index (κ1) is 7.70. The number of H-pyrrole nitrogens is 1. The highest BCUT2D eigenvalue weighted by molar-refractivity contribution is 7.13. The predicted molar refractivity (Wildman–Crippen MR) is 57.2 cm³/mol. The first-order valence-electron chi connectivity index (χ1n) is 4.26. The zero-order valence-electron chi connectivity index (χ0n) is 7.27. The van der Waals surface area contributed by atoms with E-state index in [0.29, 0.717) is 0 Å². The van der Waals surface area contributed by atoms with E-state index in [9.17, 15) is 0 Å². The third-order valence-corrected chi connectivity index (χ3v) is 2.98. The van der Waals surface area contributed by atoms with E-state index in [4.69, 9.17) is 0 Å². The molecule has 0 radical (unpaired) electrons. The maximum Gasteiger partial charge on any atom is 0.116 e. The minimum absolute atomic E-state index is 0.961. The smallest absolute Gasteiger partial charge is 0.116 e. The lowest BCUT2D eigenvalue weighted by Crippen LogP contribution is -1.75. The fourth-order valence-corrected chi connectivity index (χ4v) is 2.13. The molecule has 1 N–H and O–H groups in total. The zero-order chi connectivity index (χ0) is 9.38. The third kappa shape index (κ3) is 1.12. The number of thiophene rings is 1. The minimum atomic E-state index is 0.961. The summed E-state index contributed by atoms with van der Waals surface area (Å²) in [4.78, 5) is 12.7. The van der Waals surface area contributed by atoms with Gasteiger partial charge in [0.1, 0.15) is 6.33 Å². The maximum atomic E-state index is 4.17. The normalized spacial score (nSPS) is 10.9.